The van der Waals surface area contributed by atoms with Gasteiger partial charge in [0, 0.05) is 5.92 Å². The fourth-order valence-electron chi connectivity index (χ4n) is 2.95. The van der Waals surface area contributed by atoms with Crippen LogP contribution < -0.4 is 25.2 Å². The van der Waals surface area contributed by atoms with Crippen LogP contribution in [0.25, 0.3) is 0 Å². The Morgan fingerprint density at radius 2 is 1.79 bits per heavy atom. The van der Waals surface area contributed by atoms with Gasteiger partial charge in [0.1, 0.15) is 0 Å². The van der Waals surface area contributed by atoms with Gasteiger partial charge in [0.15, 0.2) is 10.5 Å². The quantitative estimate of drug-likeness (QED) is 0.552. The molecule has 0 bridgehead atoms. The largest absolute Gasteiger partial charge is 0.481 e. The summed E-state index contributed by atoms with van der Waals surface area (Å²) in [4.78, 5) is 33.0. The summed E-state index contributed by atoms with van der Waals surface area (Å²) in [5.74, 6) is -0.997. The number of ketones is 1. The molecular formula is C17H21N5O6S. The molecule has 1 aromatic heterocycles. The van der Waals surface area contributed by atoms with Gasteiger partial charge in [0.05, 0.1) is 26.3 Å². The Labute approximate surface area is 167 Å². The molecular weight excluding hydrogens is 402 g/mol. The second-order valence-electron chi connectivity index (χ2n) is 6.54. The first-order valence-corrected chi connectivity index (χ1v) is 10.2. The average Bonchev–Trinajstić information content (AvgIpc) is 3.52. The van der Waals surface area contributed by atoms with E-state index in [1.54, 1.807) is 6.08 Å². The van der Waals surface area contributed by atoms with Crippen LogP contribution >= 0.6 is 0 Å². The van der Waals surface area contributed by atoms with Crippen LogP contribution in [0.2, 0.25) is 0 Å². The van der Waals surface area contributed by atoms with Crippen molar-refractivity contribution in [2.75, 3.05) is 19.5 Å². The summed E-state index contributed by atoms with van der Waals surface area (Å²) in [6.07, 6.45) is 6.78. The number of nitrogens with one attached hydrogen (secondary N) is 2. The molecule has 29 heavy (non-hydrogen) atoms. The van der Waals surface area contributed by atoms with Crippen molar-refractivity contribution in [3.05, 3.63) is 30.4 Å². The number of urea groups is 1. The highest BCUT2D eigenvalue weighted by atomic mass is 32.2. The number of carbonyl (C=O) groups is 2. The maximum absolute atomic E-state index is 13.1. The Kier molecular flexibility index (Phi) is 5.57. The van der Waals surface area contributed by atoms with Gasteiger partial charge < -0.3 is 15.2 Å². The maximum atomic E-state index is 13.1. The van der Waals surface area contributed by atoms with Crippen molar-refractivity contribution in [3.63, 3.8) is 0 Å². The summed E-state index contributed by atoms with van der Waals surface area (Å²) in [7, 11) is -1.83. The molecule has 3 rings (SSSR count). The minimum Gasteiger partial charge on any atom is -0.481 e. The van der Waals surface area contributed by atoms with Gasteiger partial charge in [-0.1, -0.05) is 24.3 Å². The third-order valence-corrected chi connectivity index (χ3v) is 6.55. The lowest BCUT2D eigenvalue weighted by molar-refractivity contribution is -0.121. The van der Waals surface area contributed by atoms with E-state index in [1.807, 2.05) is 4.72 Å². The number of hydrogen-bond acceptors (Lipinski definition) is 9. The Hall–Kier alpha value is -2.99. The summed E-state index contributed by atoms with van der Waals surface area (Å²) in [6.45, 7) is 0. The van der Waals surface area contributed by atoms with Crippen LogP contribution in [-0.4, -0.2) is 55.2 Å². The van der Waals surface area contributed by atoms with Crippen molar-refractivity contribution in [3.8, 4) is 11.8 Å². The highest BCUT2D eigenvalue weighted by molar-refractivity contribution is 7.92. The normalized spacial score (nSPS) is 23.3. The minimum absolute atomic E-state index is 0.0951. The molecule has 2 aliphatic carbocycles. The molecule has 156 valence electrons. The summed E-state index contributed by atoms with van der Waals surface area (Å²) in [5.41, 5.74) is 6.00. The van der Waals surface area contributed by atoms with Crippen molar-refractivity contribution in [1.29, 1.82) is 0 Å². The first kappa shape index (κ1) is 20.7. The number of allylic oxidation sites excluding steroid dienone is 2. The molecule has 2 aliphatic rings. The van der Waals surface area contributed by atoms with Gasteiger partial charge in [-0.15, -0.1) is 0 Å². The maximum Gasteiger partial charge on any atom is 0.335 e. The average molecular weight is 423 g/mol. The molecule has 12 heteroatoms. The number of rotatable bonds is 7. The monoisotopic (exact) mass is 423 g/mol. The van der Waals surface area contributed by atoms with Crippen LogP contribution in [0, 0.1) is 5.92 Å². The number of hydrogen-bond donors (Lipinski definition) is 3. The topological polar surface area (TPSA) is 163 Å². The summed E-state index contributed by atoms with van der Waals surface area (Å²) in [5, 5.41) is 2.20. The summed E-state index contributed by atoms with van der Waals surface area (Å²) in [6, 6.07) is -0.918. The van der Waals surface area contributed by atoms with Gasteiger partial charge in [-0.2, -0.15) is 9.97 Å². The van der Waals surface area contributed by atoms with Gasteiger partial charge in [0.2, 0.25) is 17.7 Å². The molecule has 2 atom stereocenters. The van der Waals surface area contributed by atoms with E-state index in [0.717, 1.165) is 0 Å². The number of ether oxygens (including phenoxy) is 2. The Bertz CT molecular complexity index is 966. The molecule has 1 saturated carbocycles. The molecule has 2 amide bonds. The predicted molar refractivity (Wildman–Crippen MR) is 103 cm³/mol. The molecule has 2 unspecified atom stereocenters. The van der Waals surface area contributed by atoms with Gasteiger partial charge in [0.25, 0.3) is 10.0 Å². The second kappa shape index (κ2) is 7.79. The van der Waals surface area contributed by atoms with E-state index in [1.165, 1.54) is 38.5 Å². The lowest BCUT2D eigenvalue weighted by Gasteiger charge is -2.34. The van der Waals surface area contributed by atoms with Gasteiger partial charge in [-0.25, -0.2) is 17.9 Å². The Morgan fingerprint density at radius 3 is 2.31 bits per heavy atom. The van der Waals surface area contributed by atoms with Crippen LogP contribution in [0.15, 0.2) is 30.4 Å². The van der Waals surface area contributed by atoms with Crippen LogP contribution in [0.5, 0.6) is 11.8 Å². The number of anilines is 1. The molecule has 11 nitrogen and oxygen atoms in total. The first-order valence-electron chi connectivity index (χ1n) is 8.70. The number of amides is 2. The predicted octanol–water partition coefficient (Wildman–Crippen LogP) is 0.116. The summed E-state index contributed by atoms with van der Waals surface area (Å²) < 4.78 is 35.9. The van der Waals surface area contributed by atoms with E-state index in [2.05, 4.69) is 15.3 Å². The third kappa shape index (κ3) is 3.93. The molecule has 1 aromatic rings. The molecule has 0 aliphatic heterocycles. The molecule has 0 aromatic carbocycles. The zero-order valence-electron chi connectivity index (χ0n) is 15.8. The Morgan fingerprint density at radius 1 is 1.17 bits per heavy atom. The number of sulfonamides is 1. The zero-order chi connectivity index (χ0) is 21.2. The first-order chi connectivity index (χ1) is 13.7. The number of carbonyl (C=O) groups excluding carboxylic acids is 2. The molecule has 1 fully saturated rings. The van der Waals surface area contributed by atoms with Crippen molar-refractivity contribution in [1.82, 2.24) is 14.7 Å². The SMILES string of the molecule is COc1cc(OC)nc(NC(=O)NS(=O)(=O)C2(C(=O)C3CC3)C=CC=CC2N)n1. The highest BCUT2D eigenvalue weighted by Crippen LogP contribution is 2.39. The van der Waals surface area contributed by atoms with E-state index in [9.17, 15) is 18.0 Å². The smallest absolute Gasteiger partial charge is 0.335 e. The molecule has 0 radical (unpaired) electrons. The van der Waals surface area contributed by atoms with Gasteiger partial charge >= 0.3 is 6.03 Å². The van der Waals surface area contributed by atoms with Gasteiger partial charge in [-0.05, 0) is 12.8 Å². The number of Topliss-reactive ketones (excluding diaryl/α,β-unsaturated/α-hetero) is 1. The fourth-order valence-corrected chi connectivity index (χ4v) is 4.54. The molecule has 4 N–H and O–H groups in total. The van der Waals surface area contributed by atoms with E-state index in [-0.39, 0.29) is 17.7 Å². The molecule has 0 saturated heterocycles. The number of nitrogens with zero attached hydrogens (tertiary/aromatic N) is 2. The van der Waals surface area contributed by atoms with Crippen molar-refractivity contribution in [2.24, 2.45) is 11.7 Å². The highest BCUT2D eigenvalue weighted by Gasteiger charge is 2.57. The van der Waals surface area contributed by atoms with E-state index in [0.29, 0.717) is 12.8 Å². The van der Waals surface area contributed by atoms with Crippen LogP contribution in [0.4, 0.5) is 10.7 Å². The summed E-state index contributed by atoms with van der Waals surface area (Å²) >= 11 is 0. The van der Waals surface area contributed by atoms with Gasteiger partial charge in [-0.3, -0.25) is 10.1 Å². The Balaban J connectivity index is 1.85. The fraction of sp³-hybridized carbons (Fsp3) is 0.412. The van der Waals surface area contributed by atoms with E-state index >= 15 is 0 Å². The lowest BCUT2D eigenvalue weighted by atomic mass is 9.88. The van der Waals surface area contributed by atoms with E-state index < -0.39 is 38.5 Å². The third-order valence-electron chi connectivity index (χ3n) is 4.60. The van der Waals surface area contributed by atoms with E-state index in [4.69, 9.17) is 15.2 Å². The minimum atomic E-state index is -4.54. The van der Waals surface area contributed by atoms with Crippen molar-refractivity contribution in [2.45, 2.75) is 23.6 Å². The molecule has 1 heterocycles. The molecule has 0 spiro atoms. The number of methoxy groups -OCH3 is 2. The van der Waals surface area contributed by atoms with Crippen molar-refractivity contribution < 1.29 is 27.5 Å². The van der Waals surface area contributed by atoms with Crippen LogP contribution in [0.3, 0.4) is 0 Å². The van der Waals surface area contributed by atoms with Crippen LogP contribution in [0.1, 0.15) is 12.8 Å². The number of aromatic nitrogens is 2. The standard InChI is InChI=1S/C17H21N5O6S/c1-27-12-9-13(28-2)20-15(19-12)21-16(24)22-29(25,26)17(14(23)10-6-7-10)8-4-3-5-11(17)18/h3-5,8-11H,6-7,18H2,1-2H3,(H2,19,20,21,22,24). The number of nitrogens with two attached hydrogens (primary N) is 1. The lowest BCUT2D eigenvalue weighted by Crippen LogP contribution is -2.62. The van der Waals surface area contributed by atoms with Crippen molar-refractivity contribution >= 4 is 27.8 Å². The van der Waals surface area contributed by atoms with Crippen LogP contribution in [-0.2, 0) is 14.8 Å². The zero-order valence-corrected chi connectivity index (χ0v) is 16.6. The second-order valence-corrected chi connectivity index (χ2v) is 8.42.